The van der Waals surface area contributed by atoms with E-state index in [1.807, 2.05) is 4.90 Å². The second kappa shape index (κ2) is 10.1. The Balaban J connectivity index is 1.19. The molecule has 0 saturated carbocycles. The van der Waals surface area contributed by atoms with E-state index in [1.54, 1.807) is 24.3 Å². The molecule has 0 spiro atoms. The van der Waals surface area contributed by atoms with Gasteiger partial charge in [0.05, 0.1) is 12.2 Å². The Morgan fingerprint density at radius 2 is 1.65 bits per heavy atom. The predicted molar refractivity (Wildman–Crippen MR) is 114 cm³/mol. The highest BCUT2D eigenvalue weighted by atomic mass is 16.5. The number of imide groups is 1. The third-order valence-electron chi connectivity index (χ3n) is 6.03. The number of likely N-dealkylation sites (tertiary alicyclic amines) is 1. The third kappa shape index (κ3) is 5.74. The Morgan fingerprint density at radius 3 is 2.32 bits per heavy atom. The molecule has 3 fully saturated rings. The van der Waals surface area contributed by atoms with Crippen LogP contribution in [0.2, 0.25) is 0 Å². The Bertz CT molecular complexity index is 786. The van der Waals surface area contributed by atoms with Gasteiger partial charge in [0.1, 0.15) is 5.75 Å². The van der Waals surface area contributed by atoms with Crippen LogP contribution in [0.4, 0.5) is 10.5 Å². The van der Waals surface area contributed by atoms with Crippen molar-refractivity contribution >= 4 is 23.5 Å². The number of rotatable bonds is 6. The summed E-state index contributed by atoms with van der Waals surface area (Å²) in [6.45, 7) is 3.76. The number of anilines is 1. The highest BCUT2D eigenvalue weighted by Crippen LogP contribution is 2.22. The van der Waals surface area contributed by atoms with E-state index in [0.717, 1.165) is 38.8 Å². The van der Waals surface area contributed by atoms with Crippen molar-refractivity contribution in [3.8, 4) is 5.75 Å². The Hall–Kier alpha value is -2.65. The maximum absolute atomic E-state index is 12.5. The summed E-state index contributed by atoms with van der Waals surface area (Å²) in [6, 6.07) is 6.53. The molecule has 0 unspecified atom stereocenters. The van der Waals surface area contributed by atoms with Gasteiger partial charge in [-0.3, -0.25) is 19.8 Å². The molecule has 31 heavy (non-hydrogen) atoms. The molecule has 3 aliphatic rings. The van der Waals surface area contributed by atoms with E-state index in [-0.39, 0.29) is 30.9 Å². The summed E-state index contributed by atoms with van der Waals surface area (Å²) in [5.74, 6) is 0.273. The fraction of sp³-hybridized carbons (Fsp3) is 0.591. The molecule has 4 amide bonds. The molecule has 1 aromatic rings. The minimum atomic E-state index is -0.423. The number of urea groups is 1. The number of hydrogen-bond acceptors (Lipinski definition) is 6. The zero-order valence-electron chi connectivity index (χ0n) is 17.7. The molecule has 1 aromatic carbocycles. The smallest absolute Gasteiger partial charge is 0.328 e. The second-order valence-corrected chi connectivity index (χ2v) is 8.20. The lowest BCUT2D eigenvalue weighted by atomic mass is 10.1. The van der Waals surface area contributed by atoms with Crippen molar-refractivity contribution in [2.45, 2.75) is 44.3 Å². The SMILES string of the molecule is O=C1CCN(c2ccc(OCC(=O)N3CCC(OC4CCNCC4)CC3)cc2)C(=O)N1. The third-order valence-corrected chi connectivity index (χ3v) is 6.03. The summed E-state index contributed by atoms with van der Waals surface area (Å²) >= 11 is 0. The van der Waals surface area contributed by atoms with Crippen LogP contribution in [0.5, 0.6) is 5.75 Å². The molecule has 0 radical (unpaired) electrons. The molecular formula is C22H30N4O5. The highest BCUT2D eigenvalue weighted by molar-refractivity contribution is 6.05. The van der Waals surface area contributed by atoms with Gasteiger partial charge in [-0.2, -0.15) is 0 Å². The first kappa shape index (κ1) is 21.6. The first-order valence-electron chi connectivity index (χ1n) is 11.1. The minimum Gasteiger partial charge on any atom is -0.484 e. The van der Waals surface area contributed by atoms with Gasteiger partial charge < -0.3 is 19.7 Å². The minimum absolute atomic E-state index is 0.0160. The first-order chi connectivity index (χ1) is 15.1. The van der Waals surface area contributed by atoms with Crippen LogP contribution < -0.4 is 20.3 Å². The molecule has 0 aromatic heterocycles. The largest absolute Gasteiger partial charge is 0.484 e. The number of benzene rings is 1. The summed E-state index contributed by atoms with van der Waals surface area (Å²) < 4.78 is 11.9. The van der Waals surface area contributed by atoms with E-state index in [2.05, 4.69) is 10.6 Å². The fourth-order valence-electron chi connectivity index (χ4n) is 4.21. The molecular weight excluding hydrogens is 400 g/mol. The van der Waals surface area contributed by atoms with Crippen LogP contribution in [-0.4, -0.2) is 74.3 Å². The summed E-state index contributed by atoms with van der Waals surface area (Å²) in [6.07, 6.45) is 4.71. The molecule has 9 heteroatoms. The molecule has 3 aliphatic heterocycles. The molecule has 3 heterocycles. The van der Waals surface area contributed by atoms with Gasteiger partial charge in [0.2, 0.25) is 5.91 Å². The van der Waals surface area contributed by atoms with Crippen molar-refractivity contribution < 1.29 is 23.9 Å². The summed E-state index contributed by atoms with van der Waals surface area (Å²) in [7, 11) is 0. The molecule has 0 aliphatic carbocycles. The second-order valence-electron chi connectivity index (χ2n) is 8.20. The number of hydrogen-bond donors (Lipinski definition) is 2. The number of nitrogens with zero attached hydrogens (tertiary/aromatic N) is 2. The van der Waals surface area contributed by atoms with Gasteiger partial charge in [-0.05, 0) is 63.0 Å². The van der Waals surface area contributed by atoms with Crippen molar-refractivity contribution in [1.29, 1.82) is 0 Å². The Labute approximate surface area is 182 Å². The predicted octanol–water partition coefficient (Wildman–Crippen LogP) is 1.27. The van der Waals surface area contributed by atoms with E-state index in [4.69, 9.17) is 9.47 Å². The Kier molecular flexibility index (Phi) is 7.03. The molecule has 9 nitrogen and oxygen atoms in total. The van der Waals surface area contributed by atoms with Crippen LogP contribution in [0, 0.1) is 0 Å². The first-order valence-corrected chi connectivity index (χ1v) is 11.1. The molecule has 2 N–H and O–H groups in total. The van der Waals surface area contributed by atoms with Gasteiger partial charge in [0.25, 0.3) is 5.91 Å². The van der Waals surface area contributed by atoms with Crippen LogP contribution in [0.25, 0.3) is 0 Å². The number of piperidine rings is 2. The van der Waals surface area contributed by atoms with Gasteiger partial charge >= 0.3 is 6.03 Å². The molecule has 0 atom stereocenters. The van der Waals surface area contributed by atoms with Gasteiger partial charge in [-0.1, -0.05) is 0 Å². The zero-order valence-corrected chi connectivity index (χ0v) is 17.7. The number of carbonyl (C=O) groups excluding carboxylic acids is 3. The molecule has 4 rings (SSSR count). The number of ether oxygens (including phenoxy) is 2. The number of amides is 4. The number of carbonyl (C=O) groups is 3. The van der Waals surface area contributed by atoms with E-state index in [9.17, 15) is 14.4 Å². The monoisotopic (exact) mass is 430 g/mol. The van der Waals surface area contributed by atoms with Crippen molar-refractivity contribution in [1.82, 2.24) is 15.5 Å². The van der Waals surface area contributed by atoms with Crippen molar-refractivity contribution in [3.05, 3.63) is 24.3 Å². The van der Waals surface area contributed by atoms with Crippen LogP contribution >= 0.6 is 0 Å². The normalized spacial score (nSPS) is 21.2. The maximum Gasteiger partial charge on any atom is 0.328 e. The van der Waals surface area contributed by atoms with Gasteiger partial charge in [0.15, 0.2) is 6.61 Å². The average molecular weight is 431 g/mol. The van der Waals surface area contributed by atoms with Crippen LogP contribution in [-0.2, 0) is 14.3 Å². The number of nitrogens with one attached hydrogen (secondary N) is 2. The van der Waals surface area contributed by atoms with Crippen LogP contribution in [0.1, 0.15) is 32.1 Å². The standard InChI is InChI=1S/C22H30N4O5/c27-20-9-14-26(22(29)24-20)16-1-3-17(4-2-16)30-15-21(28)25-12-7-19(8-13-25)31-18-5-10-23-11-6-18/h1-4,18-19,23H,5-15H2,(H,24,27,29). The van der Waals surface area contributed by atoms with Gasteiger partial charge in [-0.15, -0.1) is 0 Å². The average Bonchev–Trinajstić information content (AvgIpc) is 2.79. The van der Waals surface area contributed by atoms with E-state index < -0.39 is 6.03 Å². The van der Waals surface area contributed by atoms with Gasteiger partial charge in [-0.25, -0.2) is 4.79 Å². The topological polar surface area (TPSA) is 100 Å². The molecule has 3 saturated heterocycles. The van der Waals surface area contributed by atoms with Crippen molar-refractivity contribution in [2.75, 3.05) is 44.2 Å². The molecule has 168 valence electrons. The highest BCUT2D eigenvalue weighted by Gasteiger charge is 2.27. The lowest BCUT2D eigenvalue weighted by Gasteiger charge is -2.35. The fourth-order valence-corrected chi connectivity index (χ4v) is 4.21. The summed E-state index contributed by atoms with van der Waals surface area (Å²) in [5.41, 5.74) is 0.680. The zero-order chi connectivity index (χ0) is 21.6. The van der Waals surface area contributed by atoms with Gasteiger partial charge in [0, 0.05) is 31.7 Å². The summed E-state index contributed by atoms with van der Waals surface area (Å²) in [4.78, 5) is 39.0. The van der Waals surface area contributed by atoms with Crippen molar-refractivity contribution in [2.24, 2.45) is 0 Å². The van der Waals surface area contributed by atoms with Crippen molar-refractivity contribution in [3.63, 3.8) is 0 Å². The Morgan fingerprint density at radius 1 is 0.968 bits per heavy atom. The van der Waals surface area contributed by atoms with E-state index in [1.165, 1.54) is 4.90 Å². The summed E-state index contributed by atoms with van der Waals surface area (Å²) in [5, 5.41) is 5.65. The van der Waals surface area contributed by atoms with E-state index in [0.29, 0.717) is 37.2 Å². The molecule has 0 bridgehead atoms. The van der Waals surface area contributed by atoms with Crippen LogP contribution in [0.15, 0.2) is 24.3 Å². The lowest BCUT2D eigenvalue weighted by Crippen LogP contribution is -2.49. The lowest BCUT2D eigenvalue weighted by molar-refractivity contribution is -0.137. The van der Waals surface area contributed by atoms with E-state index >= 15 is 0 Å². The van der Waals surface area contributed by atoms with Crippen LogP contribution in [0.3, 0.4) is 0 Å². The maximum atomic E-state index is 12.5. The quantitative estimate of drug-likeness (QED) is 0.705.